The van der Waals surface area contributed by atoms with Gasteiger partial charge in [-0.05, 0) is 34.7 Å². The third-order valence-electron chi connectivity index (χ3n) is 5.20. The summed E-state index contributed by atoms with van der Waals surface area (Å²) in [4.78, 5) is 0. The Hall–Kier alpha value is 0.280. The number of benzene rings is 1. The Kier molecular flexibility index (Phi) is 4.90. The first-order valence-corrected chi connectivity index (χ1v) is 14.8. The molecule has 4 aliphatic rings. The molecule has 6 nitrogen and oxygen atoms in total. The number of hydrogen-bond donors (Lipinski definition) is 2. The van der Waals surface area contributed by atoms with Crippen LogP contribution in [0.1, 0.15) is 11.1 Å². The van der Waals surface area contributed by atoms with Gasteiger partial charge < -0.3 is 0 Å². The zero-order valence-electron chi connectivity index (χ0n) is 14.9. The molecule has 4 fully saturated rings. The van der Waals surface area contributed by atoms with Gasteiger partial charge in [-0.15, -0.1) is 0 Å². The summed E-state index contributed by atoms with van der Waals surface area (Å²) in [5.74, 6) is 0. The lowest BCUT2D eigenvalue weighted by Crippen LogP contribution is -2.21. The molecule has 5 rings (SSSR count). The Morgan fingerprint density at radius 3 is 1.35 bits per heavy atom. The fourth-order valence-corrected chi connectivity index (χ4v) is 10.4. The van der Waals surface area contributed by atoms with E-state index in [1.54, 1.807) is 0 Å². The Balaban J connectivity index is 1.21. The molecule has 0 aromatic heterocycles. The highest BCUT2D eigenvalue weighted by Gasteiger charge is 2.44. The summed E-state index contributed by atoms with van der Waals surface area (Å²) in [5.41, 5.74) is 2.63. The van der Waals surface area contributed by atoms with Crippen LogP contribution < -0.4 is 10.2 Å². The van der Waals surface area contributed by atoms with E-state index >= 15 is 0 Å². The fraction of sp³-hybridized carbons (Fsp3) is 0.625. The molecule has 0 unspecified atom stereocenters. The van der Waals surface area contributed by atoms with Crippen molar-refractivity contribution in [1.82, 2.24) is 28.9 Å². The maximum absolute atomic E-state index is 6.00. The molecule has 4 saturated heterocycles. The minimum absolute atomic E-state index is 0.852. The molecule has 0 aliphatic carbocycles. The Morgan fingerprint density at radius 2 is 1.04 bits per heavy atom. The molecule has 0 bridgehead atoms. The molecule has 2 N–H and O–H groups in total. The molecule has 0 radical (unpaired) electrons. The van der Waals surface area contributed by atoms with E-state index in [-0.39, 0.29) is 0 Å². The van der Waals surface area contributed by atoms with Gasteiger partial charge in [0.05, 0.1) is 0 Å². The summed E-state index contributed by atoms with van der Waals surface area (Å²) in [7, 11) is 0. The van der Waals surface area contributed by atoms with Crippen LogP contribution in [-0.2, 0) is 36.7 Å². The van der Waals surface area contributed by atoms with Crippen molar-refractivity contribution < 1.29 is 0 Å². The van der Waals surface area contributed by atoms with Crippen molar-refractivity contribution in [2.24, 2.45) is 0 Å². The average molecular weight is 429 g/mol. The normalized spacial score (nSPS) is 24.0. The molecular weight excluding hydrogens is 402 g/mol. The van der Waals surface area contributed by atoms with Crippen LogP contribution >= 0.6 is 13.0 Å². The Bertz CT molecular complexity index is 695. The van der Waals surface area contributed by atoms with Gasteiger partial charge >= 0.3 is 0 Å². The van der Waals surface area contributed by atoms with Crippen LogP contribution in [0.15, 0.2) is 24.3 Å². The molecule has 0 saturated carbocycles. The van der Waals surface area contributed by atoms with Gasteiger partial charge in [0.25, 0.3) is 0 Å². The standard InChI is InChI=1S/C16H26N6P2S2/c25-23(19-4-5-19,20-6-7-20)17-13-15-2-1-3-16(12-15)14-18-24(26,21-8-9-21)22-10-11-22/h1-3,12H,4-11,13-14H2,(H,17,25)(H,18,26). The van der Waals surface area contributed by atoms with E-state index in [1.165, 1.54) is 11.1 Å². The first-order chi connectivity index (χ1) is 12.6. The van der Waals surface area contributed by atoms with E-state index in [0.717, 1.165) is 65.4 Å². The summed E-state index contributed by atoms with van der Waals surface area (Å²) >= 11 is 12.0. The van der Waals surface area contributed by atoms with Gasteiger partial charge in [-0.2, -0.15) is 0 Å². The minimum Gasteiger partial charge on any atom is -0.261 e. The molecule has 0 spiro atoms. The van der Waals surface area contributed by atoms with Crippen molar-refractivity contribution in [2.45, 2.75) is 13.1 Å². The van der Waals surface area contributed by atoms with Crippen molar-refractivity contribution in [2.75, 3.05) is 52.4 Å². The van der Waals surface area contributed by atoms with E-state index in [2.05, 4.69) is 53.1 Å². The maximum Gasteiger partial charge on any atom is 0.143 e. The Morgan fingerprint density at radius 1 is 0.692 bits per heavy atom. The van der Waals surface area contributed by atoms with Gasteiger partial charge in [-0.3, -0.25) is 10.2 Å². The highest BCUT2D eigenvalue weighted by Crippen LogP contribution is 2.58. The highest BCUT2D eigenvalue weighted by atomic mass is 32.5. The van der Waals surface area contributed by atoms with Crippen LogP contribution in [0.3, 0.4) is 0 Å². The minimum atomic E-state index is -1.66. The molecule has 1 aromatic carbocycles. The van der Waals surface area contributed by atoms with E-state index in [9.17, 15) is 0 Å². The predicted octanol–water partition coefficient (Wildman–Crippen LogP) is 1.58. The molecule has 0 amide bonds. The van der Waals surface area contributed by atoms with E-state index in [4.69, 9.17) is 23.6 Å². The van der Waals surface area contributed by atoms with Crippen molar-refractivity contribution in [1.29, 1.82) is 0 Å². The molecule has 10 heteroatoms. The van der Waals surface area contributed by atoms with Crippen LogP contribution in [0.25, 0.3) is 0 Å². The second-order valence-corrected chi connectivity index (χ2v) is 15.5. The molecular formula is C16H26N6P2S2. The predicted molar refractivity (Wildman–Crippen MR) is 115 cm³/mol. The number of nitrogens with zero attached hydrogens (tertiary/aromatic N) is 4. The van der Waals surface area contributed by atoms with Crippen LogP contribution in [0.2, 0.25) is 0 Å². The maximum atomic E-state index is 6.00. The van der Waals surface area contributed by atoms with Crippen molar-refractivity contribution >= 4 is 36.6 Å². The van der Waals surface area contributed by atoms with Gasteiger partial charge in [0.2, 0.25) is 0 Å². The Labute approximate surface area is 166 Å². The quantitative estimate of drug-likeness (QED) is 0.430. The molecule has 0 atom stereocenters. The zero-order valence-corrected chi connectivity index (χ0v) is 18.3. The monoisotopic (exact) mass is 428 g/mol. The van der Waals surface area contributed by atoms with Crippen LogP contribution in [0, 0.1) is 0 Å². The first-order valence-electron chi connectivity index (χ1n) is 9.38. The first kappa shape index (κ1) is 18.3. The van der Waals surface area contributed by atoms with Gasteiger partial charge in [0.15, 0.2) is 0 Å². The zero-order chi connectivity index (χ0) is 17.8. The fourth-order valence-electron chi connectivity index (χ4n) is 3.26. The summed E-state index contributed by atoms with van der Waals surface area (Å²) < 4.78 is 9.74. The smallest absolute Gasteiger partial charge is 0.143 e. The van der Waals surface area contributed by atoms with Gasteiger partial charge in [-0.25, -0.2) is 18.7 Å². The van der Waals surface area contributed by atoms with Gasteiger partial charge in [0.1, 0.15) is 13.0 Å². The molecule has 4 aliphatic heterocycles. The van der Waals surface area contributed by atoms with E-state index < -0.39 is 13.0 Å². The summed E-state index contributed by atoms with van der Waals surface area (Å²) in [6, 6.07) is 8.86. The van der Waals surface area contributed by atoms with Crippen molar-refractivity contribution in [3.63, 3.8) is 0 Å². The molecule has 1 aromatic rings. The van der Waals surface area contributed by atoms with Crippen molar-refractivity contribution in [3.8, 4) is 0 Å². The lowest BCUT2D eigenvalue weighted by atomic mass is 10.1. The highest BCUT2D eigenvalue weighted by molar-refractivity contribution is 8.11. The third-order valence-corrected chi connectivity index (χ3v) is 14.6. The summed E-state index contributed by atoms with van der Waals surface area (Å²) in [6.07, 6.45) is 0. The lowest BCUT2D eigenvalue weighted by Gasteiger charge is -2.26. The van der Waals surface area contributed by atoms with Crippen molar-refractivity contribution in [3.05, 3.63) is 35.4 Å². The molecule has 4 heterocycles. The number of nitrogens with one attached hydrogen (secondary N) is 2. The topological polar surface area (TPSA) is 36.1 Å². The second kappa shape index (κ2) is 6.96. The van der Waals surface area contributed by atoms with Crippen LogP contribution in [-0.4, -0.2) is 71.0 Å². The van der Waals surface area contributed by atoms with Crippen LogP contribution in [0.5, 0.6) is 0 Å². The lowest BCUT2D eigenvalue weighted by molar-refractivity contribution is 0.735. The van der Waals surface area contributed by atoms with Gasteiger partial charge in [0, 0.05) is 65.4 Å². The second-order valence-electron chi connectivity index (χ2n) is 7.39. The average Bonchev–Trinajstić information content (AvgIpc) is 3.51. The SMILES string of the molecule is S=P(NCc1cccc(CNP(=S)(N2CC2)N2CC2)c1)(N1CC1)N1CC1. The summed E-state index contributed by atoms with van der Waals surface area (Å²) in [5, 5.41) is 7.44. The molecule has 26 heavy (non-hydrogen) atoms. The number of hydrogen-bond acceptors (Lipinski definition) is 2. The van der Waals surface area contributed by atoms with E-state index in [1.807, 2.05) is 0 Å². The summed E-state index contributed by atoms with van der Waals surface area (Å²) in [6.45, 7) is 7.62. The van der Waals surface area contributed by atoms with Gasteiger partial charge in [-0.1, -0.05) is 24.3 Å². The number of rotatable bonds is 10. The third kappa shape index (κ3) is 3.87. The molecule has 142 valence electrons. The van der Waals surface area contributed by atoms with Crippen LogP contribution in [0.4, 0.5) is 0 Å². The largest absolute Gasteiger partial charge is 0.261 e. The van der Waals surface area contributed by atoms with E-state index in [0.29, 0.717) is 0 Å².